The summed E-state index contributed by atoms with van der Waals surface area (Å²) in [5, 5.41) is 9.84. The molecule has 1 unspecified atom stereocenters. The van der Waals surface area contributed by atoms with Crippen LogP contribution in [0.5, 0.6) is 0 Å². The molecule has 0 saturated heterocycles. The van der Waals surface area contributed by atoms with Gasteiger partial charge in [-0.05, 0) is 36.5 Å². The number of aliphatic hydroxyl groups is 1. The number of benzene rings is 1. The summed E-state index contributed by atoms with van der Waals surface area (Å²) < 4.78 is 39.2. The molecule has 1 aromatic rings. The molecule has 1 atom stereocenters. The molecular weight excluding hydrogens is 285 g/mol. The van der Waals surface area contributed by atoms with E-state index in [1.165, 1.54) is 12.1 Å². The maximum atomic E-state index is 12.9. The molecular formula is C11H10BrF3O. The van der Waals surface area contributed by atoms with Crippen LogP contribution in [0.15, 0.2) is 22.7 Å². The third kappa shape index (κ3) is 1.66. The van der Waals surface area contributed by atoms with Crippen molar-refractivity contribution in [2.45, 2.75) is 31.0 Å². The van der Waals surface area contributed by atoms with Crippen LogP contribution >= 0.6 is 15.9 Å². The summed E-state index contributed by atoms with van der Waals surface area (Å²) in [5.41, 5.74) is -2.14. The van der Waals surface area contributed by atoms with Gasteiger partial charge in [-0.1, -0.05) is 28.1 Å². The van der Waals surface area contributed by atoms with Gasteiger partial charge in [0.15, 0.2) is 5.60 Å². The second-order valence-corrected chi connectivity index (χ2v) is 4.83. The van der Waals surface area contributed by atoms with Crippen LogP contribution in [0, 0.1) is 0 Å². The second kappa shape index (κ2) is 3.74. The van der Waals surface area contributed by atoms with E-state index in [9.17, 15) is 18.3 Å². The van der Waals surface area contributed by atoms with Crippen LogP contribution in [0.1, 0.15) is 24.0 Å². The minimum absolute atomic E-state index is 0.0133. The monoisotopic (exact) mass is 294 g/mol. The molecule has 0 fully saturated rings. The lowest BCUT2D eigenvalue weighted by atomic mass is 9.79. The zero-order chi connectivity index (χ0) is 12.0. The van der Waals surface area contributed by atoms with Gasteiger partial charge in [0.25, 0.3) is 0 Å². The number of alkyl halides is 3. The van der Waals surface area contributed by atoms with Gasteiger partial charge < -0.3 is 5.11 Å². The molecule has 0 saturated carbocycles. The van der Waals surface area contributed by atoms with Crippen molar-refractivity contribution in [2.75, 3.05) is 0 Å². The number of hydrogen-bond donors (Lipinski definition) is 1. The van der Waals surface area contributed by atoms with Gasteiger partial charge in [0, 0.05) is 4.47 Å². The van der Waals surface area contributed by atoms with Crippen LogP contribution in [-0.2, 0) is 12.0 Å². The Morgan fingerprint density at radius 3 is 2.62 bits per heavy atom. The molecule has 0 amide bonds. The molecule has 0 heterocycles. The Morgan fingerprint density at radius 1 is 1.31 bits per heavy atom. The Morgan fingerprint density at radius 2 is 2.00 bits per heavy atom. The molecule has 2 rings (SSSR count). The molecule has 0 radical (unpaired) electrons. The highest BCUT2D eigenvalue weighted by molar-refractivity contribution is 9.10. The van der Waals surface area contributed by atoms with Gasteiger partial charge in [-0.3, -0.25) is 0 Å². The molecule has 5 heteroatoms. The van der Waals surface area contributed by atoms with Gasteiger partial charge in [0.1, 0.15) is 0 Å². The first kappa shape index (κ1) is 11.9. The zero-order valence-corrected chi connectivity index (χ0v) is 9.90. The van der Waals surface area contributed by atoms with Gasteiger partial charge in [-0.15, -0.1) is 0 Å². The van der Waals surface area contributed by atoms with E-state index in [1.807, 2.05) is 0 Å². The van der Waals surface area contributed by atoms with Crippen LogP contribution in [-0.4, -0.2) is 11.3 Å². The average molecular weight is 295 g/mol. The predicted octanol–water partition coefficient (Wildman–Crippen LogP) is 3.54. The molecule has 1 N–H and O–H groups in total. The van der Waals surface area contributed by atoms with Crippen LogP contribution in [0.3, 0.4) is 0 Å². The summed E-state index contributed by atoms with van der Waals surface area (Å²) >= 11 is 3.22. The standard InChI is InChI=1S/C11H10BrF3O/c12-9-5-1-4-8-7(9)3-2-6-10(8,16)11(13,14)15/h1,4-5,16H,2-3,6H2. The summed E-state index contributed by atoms with van der Waals surface area (Å²) in [7, 11) is 0. The number of halogens is 4. The number of fused-ring (bicyclic) bond motifs is 1. The molecule has 1 nitrogen and oxygen atoms in total. The van der Waals surface area contributed by atoms with Crippen molar-refractivity contribution >= 4 is 15.9 Å². The van der Waals surface area contributed by atoms with Gasteiger partial charge >= 0.3 is 6.18 Å². The summed E-state index contributed by atoms with van der Waals surface area (Å²) in [6, 6.07) is 4.57. The minimum Gasteiger partial charge on any atom is -0.376 e. The lowest BCUT2D eigenvalue weighted by Gasteiger charge is -2.36. The molecule has 88 valence electrons. The largest absolute Gasteiger partial charge is 0.421 e. The highest BCUT2D eigenvalue weighted by atomic mass is 79.9. The maximum absolute atomic E-state index is 12.9. The second-order valence-electron chi connectivity index (χ2n) is 3.98. The smallest absolute Gasteiger partial charge is 0.376 e. The van der Waals surface area contributed by atoms with Gasteiger partial charge in [0.05, 0.1) is 0 Å². The van der Waals surface area contributed by atoms with Gasteiger partial charge in [-0.25, -0.2) is 0 Å². The lowest BCUT2D eigenvalue weighted by Crippen LogP contribution is -2.44. The predicted molar refractivity (Wildman–Crippen MR) is 57.0 cm³/mol. The Kier molecular flexibility index (Phi) is 2.78. The van der Waals surface area contributed by atoms with E-state index in [2.05, 4.69) is 15.9 Å². The Labute approximate surface area is 99.4 Å². The van der Waals surface area contributed by atoms with E-state index in [0.29, 0.717) is 22.9 Å². The third-order valence-corrected chi connectivity index (χ3v) is 3.74. The summed E-state index contributed by atoms with van der Waals surface area (Å²) in [6.07, 6.45) is -3.98. The molecule has 1 aliphatic rings. The van der Waals surface area contributed by atoms with E-state index in [1.54, 1.807) is 6.07 Å². The van der Waals surface area contributed by atoms with Crippen molar-refractivity contribution < 1.29 is 18.3 Å². The molecule has 1 aliphatic carbocycles. The number of hydrogen-bond acceptors (Lipinski definition) is 1. The average Bonchev–Trinajstić information content (AvgIpc) is 2.18. The summed E-state index contributed by atoms with van der Waals surface area (Å²) in [4.78, 5) is 0. The quantitative estimate of drug-likeness (QED) is 0.776. The van der Waals surface area contributed by atoms with E-state index in [-0.39, 0.29) is 12.0 Å². The fourth-order valence-corrected chi connectivity index (χ4v) is 2.71. The van der Waals surface area contributed by atoms with E-state index < -0.39 is 11.8 Å². The molecule has 0 aliphatic heterocycles. The maximum Gasteiger partial charge on any atom is 0.421 e. The lowest BCUT2D eigenvalue weighted by molar-refractivity contribution is -0.271. The van der Waals surface area contributed by atoms with Gasteiger partial charge in [-0.2, -0.15) is 13.2 Å². The molecule has 1 aromatic carbocycles. The minimum atomic E-state index is -4.62. The fraction of sp³-hybridized carbons (Fsp3) is 0.455. The van der Waals surface area contributed by atoms with Crippen molar-refractivity contribution in [1.82, 2.24) is 0 Å². The topological polar surface area (TPSA) is 20.2 Å². The van der Waals surface area contributed by atoms with Crippen molar-refractivity contribution in [3.05, 3.63) is 33.8 Å². The van der Waals surface area contributed by atoms with Crippen LogP contribution < -0.4 is 0 Å². The van der Waals surface area contributed by atoms with Crippen molar-refractivity contribution in [2.24, 2.45) is 0 Å². The fourth-order valence-electron chi connectivity index (χ4n) is 2.15. The normalized spacial score (nSPS) is 25.3. The third-order valence-electron chi connectivity index (χ3n) is 3.00. The summed E-state index contributed by atoms with van der Waals surface area (Å²) in [6.45, 7) is 0. The first-order valence-corrected chi connectivity index (χ1v) is 5.72. The Hall–Kier alpha value is -0.550. The highest BCUT2D eigenvalue weighted by Crippen LogP contribution is 2.47. The first-order chi connectivity index (χ1) is 7.36. The van der Waals surface area contributed by atoms with Crippen molar-refractivity contribution in [3.63, 3.8) is 0 Å². The number of rotatable bonds is 0. The van der Waals surface area contributed by atoms with Crippen molar-refractivity contribution in [3.8, 4) is 0 Å². The van der Waals surface area contributed by atoms with Crippen LogP contribution in [0.4, 0.5) is 13.2 Å². The van der Waals surface area contributed by atoms with E-state index in [4.69, 9.17) is 0 Å². The first-order valence-electron chi connectivity index (χ1n) is 4.93. The highest BCUT2D eigenvalue weighted by Gasteiger charge is 2.56. The van der Waals surface area contributed by atoms with E-state index in [0.717, 1.165) is 0 Å². The van der Waals surface area contributed by atoms with E-state index >= 15 is 0 Å². The molecule has 0 spiro atoms. The van der Waals surface area contributed by atoms with Crippen molar-refractivity contribution in [1.29, 1.82) is 0 Å². The van der Waals surface area contributed by atoms with Crippen LogP contribution in [0.2, 0.25) is 0 Å². The Bertz CT molecular complexity index is 416. The van der Waals surface area contributed by atoms with Crippen LogP contribution in [0.25, 0.3) is 0 Å². The molecule has 0 aromatic heterocycles. The summed E-state index contributed by atoms with van der Waals surface area (Å²) in [5.74, 6) is 0. The zero-order valence-electron chi connectivity index (χ0n) is 8.31. The SMILES string of the molecule is OC1(C(F)(F)F)CCCc2c(Br)cccc21. The Balaban J connectivity index is 2.61. The molecule has 16 heavy (non-hydrogen) atoms. The van der Waals surface area contributed by atoms with Gasteiger partial charge in [0.2, 0.25) is 0 Å². The molecule has 0 bridgehead atoms.